The molecule has 0 aliphatic carbocycles. The summed E-state index contributed by atoms with van der Waals surface area (Å²) in [5.74, 6) is 0.165. The summed E-state index contributed by atoms with van der Waals surface area (Å²) in [6.07, 6.45) is 20.6. The molecule has 2 amide bonds. The molecule has 0 saturated heterocycles. The van der Waals surface area contributed by atoms with E-state index in [0.29, 0.717) is 38.3 Å². The molecule has 0 fully saturated rings. The number of hydrogen-bond acceptors (Lipinski definition) is 4. The molecule has 2 N–H and O–H groups in total. The van der Waals surface area contributed by atoms with Gasteiger partial charge in [-0.05, 0) is 44.4 Å². The standard InChI is InChI=1S/C31H60N2O4/c1-5-7-9-11-12-13-14-16-17-22-29(34)32-25-20-19-21-28(31(36)37-26-24-27(3)4)33-30(35)23-18-15-10-8-6-2/h27-28H,5-26H2,1-4H3,(H,32,34)(H,33,35)/t28-/m0/s1. The van der Waals surface area contributed by atoms with Gasteiger partial charge in [0.05, 0.1) is 6.61 Å². The number of ether oxygens (including phenoxy) is 1. The molecule has 0 rings (SSSR count). The van der Waals surface area contributed by atoms with Crippen molar-refractivity contribution < 1.29 is 19.1 Å². The van der Waals surface area contributed by atoms with Gasteiger partial charge >= 0.3 is 5.97 Å². The molecular formula is C31H60N2O4. The van der Waals surface area contributed by atoms with E-state index in [1.807, 2.05) is 0 Å². The number of hydrogen-bond donors (Lipinski definition) is 2. The smallest absolute Gasteiger partial charge is 0.328 e. The third-order valence-electron chi connectivity index (χ3n) is 6.82. The number of rotatable bonds is 26. The minimum atomic E-state index is -0.604. The Hall–Kier alpha value is -1.59. The molecule has 0 aromatic carbocycles. The monoisotopic (exact) mass is 524 g/mol. The van der Waals surface area contributed by atoms with Crippen LogP contribution in [-0.2, 0) is 19.1 Å². The van der Waals surface area contributed by atoms with Gasteiger partial charge in [0.1, 0.15) is 6.04 Å². The largest absolute Gasteiger partial charge is 0.464 e. The average Bonchev–Trinajstić information content (AvgIpc) is 2.86. The van der Waals surface area contributed by atoms with Crippen LogP contribution in [0.5, 0.6) is 0 Å². The fourth-order valence-corrected chi connectivity index (χ4v) is 4.29. The SMILES string of the molecule is CCCCCCCCCCCC(=O)NCCCC[C@H](NC(=O)CCCCCCC)C(=O)OCCC(C)C. The van der Waals surface area contributed by atoms with E-state index in [2.05, 4.69) is 38.3 Å². The molecule has 0 aromatic heterocycles. The van der Waals surface area contributed by atoms with Crippen LogP contribution in [0, 0.1) is 5.92 Å². The fourth-order valence-electron chi connectivity index (χ4n) is 4.29. The summed E-state index contributed by atoms with van der Waals surface area (Å²) in [4.78, 5) is 37.1. The van der Waals surface area contributed by atoms with Crippen molar-refractivity contribution in [3.8, 4) is 0 Å². The van der Waals surface area contributed by atoms with Crippen molar-refractivity contribution in [3.63, 3.8) is 0 Å². The average molecular weight is 525 g/mol. The highest BCUT2D eigenvalue weighted by atomic mass is 16.5. The molecule has 6 heteroatoms. The van der Waals surface area contributed by atoms with Crippen molar-refractivity contribution in [2.45, 2.75) is 162 Å². The summed E-state index contributed by atoms with van der Waals surface area (Å²) in [5.41, 5.74) is 0. The molecule has 1 atom stereocenters. The summed E-state index contributed by atoms with van der Waals surface area (Å²) >= 11 is 0. The first kappa shape index (κ1) is 35.4. The van der Waals surface area contributed by atoms with Gasteiger partial charge in [-0.15, -0.1) is 0 Å². The minimum Gasteiger partial charge on any atom is -0.464 e. The Morgan fingerprint density at radius 1 is 0.622 bits per heavy atom. The lowest BCUT2D eigenvalue weighted by atomic mass is 10.1. The number of esters is 1. The summed E-state index contributed by atoms with van der Waals surface area (Å²) in [6, 6.07) is -0.604. The van der Waals surface area contributed by atoms with Crippen LogP contribution >= 0.6 is 0 Å². The van der Waals surface area contributed by atoms with Crippen molar-refractivity contribution in [2.24, 2.45) is 5.92 Å². The van der Waals surface area contributed by atoms with Crippen LogP contribution in [0.25, 0.3) is 0 Å². The van der Waals surface area contributed by atoms with E-state index in [4.69, 9.17) is 4.74 Å². The second kappa shape index (κ2) is 26.0. The zero-order chi connectivity index (χ0) is 27.6. The maximum Gasteiger partial charge on any atom is 0.328 e. The molecule has 0 aliphatic heterocycles. The maximum atomic E-state index is 12.6. The van der Waals surface area contributed by atoms with Gasteiger partial charge in [0.2, 0.25) is 11.8 Å². The Kier molecular flexibility index (Phi) is 24.9. The van der Waals surface area contributed by atoms with Gasteiger partial charge in [-0.1, -0.05) is 105 Å². The van der Waals surface area contributed by atoms with Gasteiger partial charge in [0.15, 0.2) is 0 Å². The minimum absolute atomic E-state index is 0.0726. The highest BCUT2D eigenvalue weighted by Gasteiger charge is 2.22. The first-order valence-electron chi connectivity index (χ1n) is 15.6. The van der Waals surface area contributed by atoms with Crippen LogP contribution in [0.1, 0.15) is 156 Å². The molecule has 0 bridgehead atoms. The van der Waals surface area contributed by atoms with Crippen LogP contribution in [-0.4, -0.2) is 37.0 Å². The number of carbonyl (C=O) groups is 3. The van der Waals surface area contributed by atoms with E-state index in [1.54, 1.807) is 0 Å². The summed E-state index contributed by atoms with van der Waals surface area (Å²) in [5, 5.41) is 5.90. The van der Waals surface area contributed by atoms with Crippen LogP contribution in [0.3, 0.4) is 0 Å². The van der Waals surface area contributed by atoms with Crippen molar-refractivity contribution >= 4 is 17.8 Å². The molecule has 0 unspecified atom stereocenters. The van der Waals surface area contributed by atoms with Gasteiger partial charge < -0.3 is 15.4 Å². The predicted octanol–water partition coefficient (Wildman–Crippen LogP) is 7.63. The molecule has 0 aromatic rings. The Morgan fingerprint density at radius 3 is 1.68 bits per heavy atom. The summed E-state index contributed by atoms with van der Waals surface area (Å²) in [6.45, 7) is 9.59. The van der Waals surface area contributed by atoms with Gasteiger partial charge in [-0.25, -0.2) is 4.79 Å². The van der Waals surface area contributed by atoms with Crippen molar-refractivity contribution in [1.29, 1.82) is 0 Å². The lowest BCUT2D eigenvalue weighted by Gasteiger charge is -2.18. The summed E-state index contributed by atoms with van der Waals surface area (Å²) < 4.78 is 5.44. The third-order valence-corrected chi connectivity index (χ3v) is 6.82. The molecule has 0 aliphatic rings. The van der Waals surface area contributed by atoms with E-state index in [0.717, 1.165) is 51.4 Å². The number of unbranched alkanes of at least 4 members (excludes halogenated alkanes) is 13. The van der Waals surface area contributed by atoms with Crippen LogP contribution < -0.4 is 10.6 Å². The van der Waals surface area contributed by atoms with Gasteiger partial charge in [0.25, 0.3) is 0 Å². The first-order chi connectivity index (χ1) is 17.9. The highest BCUT2D eigenvalue weighted by Crippen LogP contribution is 2.11. The molecule has 0 heterocycles. The van der Waals surface area contributed by atoms with Gasteiger partial charge in [0, 0.05) is 19.4 Å². The topological polar surface area (TPSA) is 84.5 Å². The summed E-state index contributed by atoms with van der Waals surface area (Å²) in [7, 11) is 0. The lowest BCUT2D eigenvalue weighted by molar-refractivity contribution is -0.148. The maximum absolute atomic E-state index is 12.6. The van der Waals surface area contributed by atoms with Gasteiger partial charge in [-0.2, -0.15) is 0 Å². The molecule has 0 spiro atoms. The molecule has 6 nitrogen and oxygen atoms in total. The highest BCUT2D eigenvalue weighted by molar-refractivity contribution is 5.84. The Bertz CT molecular complexity index is 565. The Balaban J connectivity index is 4.13. The molecule has 0 saturated carbocycles. The zero-order valence-corrected chi connectivity index (χ0v) is 24.8. The first-order valence-corrected chi connectivity index (χ1v) is 15.6. The number of carbonyl (C=O) groups excluding carboxylic acids is 3. The third kappa shape index (κ3) is 24.5. The Morgan fingerprint density at radius 2 is 1.14 bits per heavy atom. The zero-order valence-electron chi connectivity index (χ0n) is 24.8. The van der Waals surface area contributed by atoms with Crippen molar-refractivity contribution in [2.75, 3.05) is 13.2 Å². The molecule has 0 radical (unpaired) electrons. The molecule has 218 valence electrons. The van der Waals surface area contributed by atoms with Crippen LogP contribution in [0.4, 0.5) is 0 Å². The number of nitrogens with one attached hydrogen (secondary N) is 2. The molecular weight excluding hydrogens is 464 g/mol. The Labute approximate surface area is 228 Å². The van der Waals surface area contributed by atoms with E-state index in [-0.39, 0.29) is 17.8 Å². The predicted molar refractivity (Wildman–Crippen MR) is 154 cm³/mol. The van der Waals surface area contributed by atoms with Crippen LogP contribution in [0.2, 0.25) is 0 Å². The normalized spacial score (nSPS) is 11.9. The van der Waals surface area contributed by atoms with Crippen molar-refractivity contribution in [1.82, 2.24) is 10.6 Å². The lowest BCUT2D eigenvalue weighted by Crippen LogP contribution is -2.42. The second-order valence-corrected chi connectivity index (χ2v) is 11.1. The van der Waals surface area contributed by atoms with Gasteiger partial charge in [-0.3, -0.25) is 9.59 Å². The number of amides is 2. The van der Waals surface area contributed by atoms with E-state index < -0.39 is 6.04 Å². The second-order valence-electron chi connectivity index (χ2n) is 11.1. The van der Waals surface area contributed by atoms with Crippen LogP contribution in [0.15, 0.2) is 0 Å². The fraction of sp³-hybridized carbons (Fsp3) is 0.903. The van der Waals surface area contributed by atoms with Crippen molar-refractivity contribution in [3.05, 3.63) is 0 Å². The van der Waals surface area contributed by atoms with E-state index >= 15 is 0 Å². The van der Waals surface area contributed by atoms with E-state index in [1.165, 1.54) is 57.8 Å². The van der Waals surface area contributed by atoms with E-state index in [9.17, 15) is 14.4 Å². The quantitative estimate of drug-likeness (QED) is 0.0900. The molecule has 37 heavy (non-hydrogen) atoms.